The van der Waals surface area contributed by atoms with Crippen LogP contribution >= 0.6 is 23.2 Å². The topological polar surface area (TPSA) is 35.5 Å². The highest BCUT2D eigenvalue weighted by Crippen LogP contribution is 2.24. The van der Waals surface area contributed by atoms with Gasteiger partial charge in [0.1, 0.15) is 11.1 Å². The zero-order valence-corrected chi connectivity index (χ0v) is 11.2. The van der Waals surface area contributed by atoms with Crippen LogP contribution in [0.2, 0.25) is 5.02 Å². The van der Waals surface area contributed by atoms with Crippen LogP contribution < -0.4 is 4.74 Å². The molecule has 17 heavy (non-hydrogen) atoms. The van der Waals surface area contributed by atoms with Gasteiger partial charge in [-0.15, -0.1) is 11.6 Å². The van der Waals surface area contributed by atoms with E-state index in [1.807, 2.05) is 0 Å². The fraction of sp³-hybridized carbons (Fsp3) is 0.417. The van der Waals surface area contributed by atoms with Crippen molar-refractivity contribution in [1.82, 2.24) is 0 Å². The van der Waals surface area contributed by atoms with E-state index in [1.54, 1.807) is 32.2 Å². The number of ether oxygens (including phenoxy) is 2. The number of methoxy groups -OCH3 is 1. The molecule has 0 aromatic heterocycles. The molecule has 0 saturated heterocycles. The second-order valence-electron chi connectivity index (χ2n) is 3.38. The molecule has 0 spiro atoms. The Morgan fingerprint density at radius 3 is 2.76 bits per heavy atom. The van der Waals surface area contributed by atoms with Gasteiger partial charge in [-0.1, -0.05) is 11.6 Å². The fourth-order valence-corrected chi connectivity index (χ4v) is 1.77. The van der Waals surface area contributed by atoms with Gasteiger partial charge < -0.3 is 9.47 Å². The summed E-state index contributed by atoms with van der Waals surface area (Å²) in [6.45, 7) is 2.05. The lowest BCUT2D eigenvalue weighted by molar-refractivity contribution is -0.142. The largest absolute Gasteiger partial charge is 0.497 e. The van der Waals surface area contributed by atoms with E-state index in [0.717, 1.165) is 5.56 Å². The molecule has 0 N–H and O–H groups in total. The van der Waals surface area contributed by atoms with Crippen LogP contribution in [0.1, 0.15) is 12.5 Å². The van der Waals surface area contributed by atoms with Crippen molar-refractivity contribution < 1.29 is 14.3 Å². The van der Waals surface area contributed by atoms with Crippen LogP contribution in [0.25, 0.3) is 0 Å². The van der Waals surface area contributed by atoms with Crippen LogP contribution in [-0.4, -0.2) is 25.1 Å². The second kappa shape index (κ2) is 6.72. The van der Waals surface area contributed by atoms with Gasteiger partial charge in [-0.2, -0.15) is 0 Å². The molecule has 0 aliphatic carbocycles. The summed E-state index contributed by atoms with van der Waals surface area (Å²) in [6.07, 6.45) is 0.316. The first-order valence-electron chi connectivity index (χ1n) is 5.21. The minimum atomic E-state index is -0.737. The zero-order chi connectivity index (χ0) is 12.8. The quantitative estimate of drug-likeness (QED) is 0.613. The summed E-state index contributed by atoms with van der Waals surface area (Å²) in [5.41, 5.74) is 0.763. The number of carbonyl (C=O) groups excluding carboxylic acids is 1. The Labute approximate surface area is 111 Å². The van der Waals surface area contributed by atoms with E-state index in [2.05, 4.69) is 0 Å². The Bertz CT molecular complexity index is 393. The maximum atomic E-state index is 11.4. The molecular weight excluding hydrogens is 263 g/mol. The minimum Gasteiger partial charge on any atom is -0.497 e. The first kappa shape index (κ1) is 14.1. The Morgan fingerprint density at radius 1 is 1.47 bits per heavy atom. The molecule has 0 fully saturated rings. The molecule has 1 rings (SSSR count). The summed E-state index contributed by atoms with van der Waals surface area (Å²) in [5, 5.41) is -0.180. The Morgan fingerprint density at radius 2 is 2.18 bits per heavy atom. The van der Waals surface area contributed by atoms with E-state index >= 15 is 0 Å². The molecule has 0 radical (unpaired) electrons. The van der Waals surface area contributed by atoms with Crippen molar-refractivity contribution in [3.8, 4) is 5.75 Å². The number of alkyl halides is 1. The molecule has 0 aliphatic rings. The van der Waals surface area contributed by atoms with Gasteiger partial charge in [-0.25, -0.2) is 0 Å². The lowest BCUT2D eigenvalue weighted by Gasteiger charge is -2.11. The van der Waals surface area contributed by atoms with Gasteiger partial charge in [0.2, 0.25) is 0 Å². The maximum absolute atomic E-state index is 11.4. The summed E-state index contributed by atoms with van der Waals surface area (Å²) in [5.74, 6) is 0.241. The number of benzene rings is 1. The molecule has 0 amide bonds. The van der Waals surface area contributed by atoms with Crippen molar-refractivity contribution >= 4 is 29.2 Å². The second-order valence-corrected chi connectivity index (χ2v) is 4.32. The van der Waals surface area contributed by atoms with E-state index in [-0.39, 0.29) is 0 Å². The minimum absolute atomic E-state index is 0.313. The Kier molecular flexibility index (Phi) is 5.59. The summed E-state index contributed by atoms with van der Waals surface area (Å²) in [6, 6.07) is 5.22. The Hall–Kier alpha value is -0.930. The summed E-state index contributed by atoms with van der Waals surface area (Å²) >= 11 is 12.0. The molecule has 0 heterocycles. The van der Waals surface area contributed by atoms with Gasteiger partial charge in [0.15, 0.2) is 0 Å². The van der Waals surface area contributed by atoms with Gasteiger partial charge in [-0.05, 0) is 30.7 Å². The van der Waals surface area contributed by atoms with Crippen LogP contribution in [0.4, 0.5) is 0 Å². The molecule has 1 aromatic rings. The average molecular weight is 277 g/mol. The molecule has 94 valence electrons. The van der Waals surface area contributed by atoms with Crippen molar-refractivity contribution in [2.45, 2.75) is 18.7 Å². The maximum Gasteiger partial charge on any atom is 0.324 e. The third-order valence-electron chi connectivity index (χ3n) is 2.19. The third kappa shape index (κ3) is 4.10. The highest BCUT2D eigenvalue weighted by atomic mass is 35.5. The molecule has 0 aliphatic heterocycles. The van der Waals surface area contributed by atoms with Gasteiger partial charge >= 0.3 is 5.97 Å². The summed E-state index contributed by atoms with van der Waals surface area (Å²) in [4.78, 5) is 11.4. The molecule has 1 aromatic carbocycles. The van der Waals surface area contributed by atoms with Crippen molar-refractivity contribution in [2.75, 3.05) is 13.7 Å². The van der Waals surface area contributed by atoms with Crippen molar-refractivity contribution in [3.05, 3.63) is 28.8 Å². The smallest absolute Gasteiger partial charge is 0.324 e. The number of hydrogen-bond acceptors (Lipinski definition) is 3. The first-order chi connectivity index (χ1) is 8.08. The number of esters is 1. The van der Waals surface area contributed by atoms with Crippen molar-refractivity contribution in [3.63, 3.8) is 0 Å². The van der Waals surface area contributed by atoms with Crippen LogP contribution in [-0.2, 0) is 16.0 Å². The van der Waals surface area contributed by atoms with E-state index in [9.17, 15) is 4.79 Å². The predicted octanol–water partition coefficient (Wildman–Crippen LogP) is 3.06. The van der Waals surface area contributed by atoms with E-state index in [1.165, 1.54) is 0 Å². The molecule has 5 heteroatoms. The lowest BCUT2D eigenvalue weighted by Crippen LogP contribution is -2.20. The van der Waals surface area contributed by atoms with Crippen LogP contribution in [0, 0.1) is 0 Å². The fourth-order valence-electron chi connectivity index (χ4n) is 1.34. The van der Waals surface area contributed by atoms with Crippen molar-refractivity contribution in [1.29, 1.82) is 0 Å². The highest BCUT2D eigenvalue weighted by molar-refractivity contribution is 6.32. The summed E-state index contributed by atoms with van der Waals surface area (Å²) < 4.78 is 9.91. The number of halogens is 2. The SMILES string of the molecule is CCOC(=O)C(Cl)Cc1cc(OC)ccc1Cl. The molecule has 1 atom stereocenters. The first-order valence-corrected chi connectivity index (χ1v) is 6.03. The van der Waals surface area contributed by atoms with Crippen molar-refractivity contribution in [2.24, 2.45) is 0 Å². The van der Waals surface area contributed by atoms with Gasteiger partial charge in [0, 0.05) is 11.4 Å². The molecule has 0 saturated carbocycles. The molecule has 1 unspecified atom stereocenters. The number of carbonyl (C=O) groups is 1. The average Bonchev–Trinajstić information content (AvgIpc) is 2.32. The van der Waals surface area contributed by atoms with E-state index < -0.39 is 11.3 Å². The summed E-state index contributed by atoms with van der Waals surface area (Å²) in [7, 11) is 1.57. The lowest BCUT2D eigenvalue weighted by atomic mass is 10.1. The zero-order valence-electron chi connectivity index (χ0n) is 9.70. The molecule has 0 bridgehead atoms. The van der Waals surface area contributed by atoms with Crippen LogP contribution in [0.3, 0.4) is 0 Å². The monoisotopic (exact) mass is 276 g/mol. The van der Waals surface area contributed by atoms with Gasteiger partial charge in [-0.3, -0.25) is 4.79 Å². The Balaban J connectivity index is 2.76. The molecule has 3 nitrogen and oxygen atoms in total. The van der Waals surface area contributed by atoms with E-state index in [0.29, 0.717) is 23.8 Å². The standard InChI is InChI=1S/C12H14Cl2O3/c1-3-17-12(15)11(14)7-8-6-9(16-2)4-5-10(8)13/h4-6,11H,3,7H2,1-2H3. The van der Waals surface area contributed by atoms with Crippen LogP contribution in [0.5, 0.6) is 5.75 Å². The highest BCUT2D eigenvalue weighted by Gasteiger charge is 2.18. The normalized spacial score (nSPS) is 12.0. The van der Waals surface area contributed by atoms with Crippen LogP contribution in [0.15, 0.2) is 18.2 Å². The van der Waals surface area contributed by atoms with Gasteiger partial charge in [0.25, 0.3) is 0 Å². The van der Waals surface area contributed by atoms with Gasteiger partial charge in [0.05, 0.1) is 13.7 Å². The predicted molar refractivity (Wildman–Crippen MR) is 68.0 cm³/mol. The van der Waals surface area contributed by atoms with E-state index in [4.69, 9.17) is 32.7 Å². The third-order valence-corrected chi connectivity index (χ3v) is 2.90. The number of hydrogen-bond donors (Lipinski definition) is 0. The number of rotatable bonds is 5. The molecular formula is C12H14Cl2O3.